The molecule has 0 aromatic rings. The molecule has 190 valence electrons. The lowest BCUT2D eigenvalue weighted by Crippen LogP contribution is -2.63. The van der Waals surface area contributed by atoms with E-state index in [4.69, 9.17) is 4.74 Å². The molecule has 4 saturated carbocycles. The number of alkyl carbamates (subject to hydrolysis) is 1. The summed E-state index contributed by atoms with van der Waals surface area (Å²) in [4.78, 5) is 56.7. The Labute approximate surface area is 202 Å². The Morgan fingerprint density at radius 2 is 1.44 bits per heavy atom. The van der Waals surface area contributed by atoms with E-state index < -0.39 is 17.1 Å². The van der Waals surface area contributed by atoms with Crippen LogP contribution in [0, 0.1) is 22.7 Å². The topological polar surface area (TPSA) is 99.3 Å². The molecule has 4 amide bonds. The van der Waals surface area contributed by atoms with Gasteiger partial charge in [-0.3, -0.25) is 14.4 Å². The average Bonchev–Trinajstić information content (AvgIpc) is 2.74. The number of amides is 4. The number of hydrogen-bond donors (Lipinski definition) is 1. The summed E-state index contributed by atoms with van der Waals surface area (Å²) in [6, 6.07) is 0. The fourth-order valence-corrected chi connectivity index (χ4v) is 7.31. The van der Waals surface area contributed by atoms with Crippen LogP contribution in [0.2, 0.25) is 0 Å². The van der Waals surface area contributed by atoms with Crippen molar-refractivity contribution in [2.45, 2.75) is 64.9 Å². The SMILES string of the molecule is CN(C)C(=O)C12CC3CC(C1)CC(C(=O)N1CCN(C(=O)CNC(=O)OC(C)(C)C)CC1)(C3)C2. The van der Waals surface area contributed by atoms with Crippen molar-refractivity contribution in [2.75, 3.05) is 46.8 Å². The van der Waals surface area contributed by atoms with Gasteiger partial charge in [-0.1, -0.05) is 0 Å². The second-order valence-corrected chi connectivity index (χ2v) is 12.2. The molecule has 4 aliphatic carbocycles. The van der Waals surface area contributed by atoms with E-state index in [9.17, 15) is 19.2 Å². The first-order chi connectivity index (χ1) is 15.8. The summed E-state index contributed by atoms with van der Waals surface area (Å²) in [6.07, 6.45) is 4.82. The van der Waals surface area contributed by atoms with E-state index in [1.165, 1.54) is 0 Å². The van der Waals surface area contributed by atoms with E-state index in [1.54, 1.807) is 30.6 Å². The third-order valence-corrected chi connectivity index (χ3v) is 8.08. The zero-order valence-corrected chi connectivity index (χ0v) is 21.3. The Kier molecular flexibility index (Phi) is 6.36. The van der Waals surface area contributed by atoms with Gasteiger partial charge < -0.3 is 24.8 Å². The van der Waals surface area contributed by atoms with Crippen LogP contribution in [0.3, 0.4) is 0 Å². The fraction of sp³-hybridized carbons (Fsp3) is 0.840. The van der Waals surface area contributed by atoms with Crippen LogP contribution in [-0.4, -0.2) is 90.9 Å². The molecule has 9 heteroatoms. The Morgan fingerprint density at radius 3 is 1.97 bits per heavy atom. The van der Waals surface area contributed by atoms with Gasteiger partial charge in [0, 0.05) is 40.3 Å². The van der Waals surface area contributed by atoms with Crippen LogP contribution in [0.25, 0.3) is 0 Å². The van der Waals surface area contributed by atoms with Crippen LogP contribution in [0.1, 0.15) is 59.3 Å². The first-order valence-electron chi connectivity index (χ1n) is 12.6. The summed E-state index contributed by atoms with van der Waals surface area (Å²) in [7, 11) is 3.65. The lowest BCUT2D eigenvalue weighted by atomic mass is 9.43. The molecule has 5 fully saturated rings. The second-order valence-electron chi connectivity index (χ2n) is 12.2. The maximum atomic E-state index is 13.8. The van der Waals surface area contributed by atoms with Gasteiger partial charge in [0.2, 0.25) is 17.7 Å². The van der Waals surface area contributed by atoms with Gasteiger partial charge in [0.1, 0.15) is 12.1 Å². The molecule has 4 bridgehead atoms. The highest BCUT2D eigenvalue weighted by molar-refractivity contribution is 5.88. The molecule has 0 spiro atoms. The average molecular weight is 477 g/mol. The molecule has 5 aliphatic rings. The van der Waals surface area contributed by atoms with Crippen molar-refractivity contribution in [1.29, 1.82) is 0 Å². The summed E-state index contributed by atoms with van der Waals surface area (Å²) in [5.41, 5.74) is -1.43. The first kappa shape index (κ1) is 24.8. The Morgan fingerprint density at radius 1 is 0.912 bits per heavy atom. The summed E-state index contributed by atoms with van der Waals surface area (Å²) in [5.74, 6) is 1.10. The van der Waals surface area contributed by atoms with Gasteiger partial charge in [0.05, 0.1) is 10.8 Å². The van der Waals surface area contributed by atoms with Crippen molar-refractivity contribution >= 4 is 23.8 Å². The smallest absolute Gasteiger partial charge is 0.408 e. The van der Waals surface area contributed by atoms with Gasteiger partial charge in [-0.25, -0.2) is 4.79 Å². The van der Waals surface area contributed by atoms with Crippen molar-refractivity contribution < 1.29 is 23.9 Å². The van der Waals surface area contributed by atoms with Gasteiger partial charge in [-0.05, 0) is 71.1 Å². The standard InChI is InChI=1S/C25H40N4O5/c1-23(2,3)34-22(33)26-15-19(30)28-6-8-29(9-7-28)21(32)25-13-17-10-18(14-25)12-24(11-17,16-25)20(31)27(4)5/h17-18H,6-16H2,1-5H3,(H,26,33). The molecular formula is C25H40N4O5. The minimum absolute atomic E-state index is 0.120. The normalized spacial score (nSPS) is 32.4. The van der Waals surface area contributed by atoms with Gasteiger partial charge in [-0.15, -0.1) is 0 Å². The summed E-state index contributed by atoms with van der Waals surface area (Å²) in [6.45, 7) is 7.07. The molecule has 1 saturated heterocycles. The van der Waals surface area contributed by atoms with E-state index in [0.29, 0.717) is 44.4 Å². The van der Waals surface area contributed by atoms with Gasteiger partial charge in [-0.2, -0.15) is 0 Å². The molecular weight excluding hydrogens is 436 g/mol. The second kappa shape index (κ2) is 8.72. The van der Waals surface area contributed by atoms with E-state index >= 15 is 0 Å². The molecule has 2 atom stereocenters. The molecule has 0 aromatic heterocycles. The van der Waals surface area contributed by atoms with Crippen LogP contribution < -0.4 is 5.32 Å². The van der Waals surface area contributed by atoms with Crippen molar-refractivity contribution in [3.05, 3.63) is 0 Å². The third kappa shape index (κ3) is 4.75. The molecule has 1 N–H and O–H groups in total. The fourth-order valence-electron chi connectivity index (χ4n) is 7.31. The molecule has 0 aromatic carbocycles. The zero-order valence-electron chi connectivity index (χ0n) is 21.3. The maximum Gasteiger partial charge on any atom is 0.408 e. The van der Waals surface area contributed by atoms with Crippen molar-refractivity contribution in [3.63, 3.8) is 0 Å². The summed E-state index contributed by atoms with van der Waals surface area (Å²) in [5, 5.41) is 2.51. The lowest BCUT2D eigenvalue weighted by Gasteiger charge is -2.61. The molecule has 34 heavy (non-hydrogen) atoms. The van der Waals surface area contributed by atoms with Crippen LogP contribution in [0.5, 0.6) is 0 Å². The predicted octanol–water partition coefficient (Wildman–Crippen LogP) is 1.86. The van der Waals surface area contributed by atoms with Gasteiger partial charge >= 0.3 is 6.09 Å². The number of nitrogens with zero attached hydrogens (tertiary/aromatic N) is 3. The number of nitrogens with one attached hydrogen (secondary N) is 1. The van der Waals surface area contributed by atoms with E-state index in [2.05, 4.69) is 5.32 Å². The number of hydrogen-bond acceptors (Lipinski definition) is 5. The van der Waals surface area contributed by atoms with Crippen LogP contribution >= 0.6 is 0 Å². The van der Waals surface area contributed by atoms with E-state index in [1.807, 2.05) is 19.0 Å². The number of carbonyl (C=O) groups excluding carboxylic acids is 4. The molecule has 9 nitrogen and oxygen atoms in total. The monoisotopic (exact) mass is 476 g/mol. The number of rotatable bonds is 4. The Bertz CT molecular complexity index is 842. The highest BCUT2D eigenvalue weighted by Crippen LogP contribution is 2.66. The van der Waals surface area contributed by atoms with Crippen LogP contribution in [-0.2, 0) is 19.1 Å². The highest BCUT2D eigenvalue weighted by Gasteiger charge is 2.63. The maximum absolute atomic E-state index is 13.8. The minimum atomic E-state index is -0.619. The largest absolute Gasteiger partial charge is 0.444 e. The van der Waals surface area contributed by atoms with Crippen molar-refractivity contribution in [3.8, 4) is 0 Å². The van der Waals surface area contributed by atoms with Crippen molar-refractivity contribution in [1.82, 2.24) is 20.0 Å². The molecule has 2 unspecified atom stereocenters. The van der Waals surface area contributed by atoms with Gasteiger partial charge in [0.25, 0.3) is 0 Å². The lowest BCUT2D eigenvalue weighted by molar-refractivity contribution is -0.179. The highest BCUT2D eigenvalue weighted by atomic mass is 16.6. The minimum Gasteiger partial charge on any atom is -0.444 e. The van der Waals surface area contributed by atoms with Crippen LogP contribution in [0.15, 0.2) is 0 Å². The quantitative estimate of drug-likeness (QED) is 0.668. The Hall–Kier alpha value is -2.32. The molecule has 1 aliphatic heterocycles. The van der Waals surface area contributed by atoms with E-state index in [-0.39, 0.29) is 29.7 Å². The molecule has 0 radical (unpaired) electrons. The summed E-state index contributed by atoms with van der Waals surface area (Å²) < 4.78 is 5.18. The van der Waals surface area contributed by atoms with Crippen molar-refractivity contribution in [2.24, 2.45) is 22.7 Å². The summed E-state index contributed by atoms with van der Waals surface area (Å²) >= 11 is 0. The number of piperazine rings is 1. The number of carbonyl (C=O) groups is 4. The predicted molar refractivity (Wildman–Crippen MR) is 126 cm³/mol. The van der Waals surface area contributed by atoms with Gasteiger partial charge in [0.15, 0.2) is 0 Å². The zero-order chi connectivity index (χ0) is 24.9. The van der Waals surface area contributed by atoms with Crippen LogP contribution in [0.4, 0.5) is 4.79 Å². The first-order valence-corrected chi connectivity index (χ1v) is 12.6. The third-order valence-electron chi connectivity index (χ3n) is 8.08. The molecule has 1 heterocycles. The Balaban J connectivity index is 1.34. The number of ether oxygens (including phenoxy) is 1. The molecule has 5 rings (SSSR count). The van der Waals surface area contributed by atoms with E-state index in [0.717, 1.165) is 32.1 Å².